The molecular formula is C17H18ClFN2O2. The van der Waals surface area contributed by atoms with Gasteiger partial charge in [-0.2, -0.15) is 0 Å². The molecule has 6 heteroatoms. The molecule has 0 saturated carbocycles. The summed E-state index contributed by atoms with van der Waals surface area (Å²) in [5, 5.41) is 3.91. The van der Waals surface area contributed by atoms with Crippen LogP contribution >= 0.6 is 11.6 Å². The van der Waals surface area contributed by atoms with Crippen molar-refractivity contribution >= 4 is 17.5 Å². The minimum Gasteiger partial charge on any atom is -0.360 e. The lowest BCUT2D eigenvalue weighted by atomic mass is 9.94. The van der Waals surface area contributed by atoms with Gasteiger partial charge in [0.05, 0.1) is 6.04 Å². The number of nitrogens with zero attached hydrogens (tertiary/aromatic N) is 2. The smallest absolute Gasteiger partial charge is 0.223 e. The Morgan fingerprint density at radius 1 is 1.35 bits per heavy atom. The number of hydrogen-bond acceptors (Lipinski definition) is 3. The van der Waals surface area contributed by atoms with E-state index in [-0.39, 0.29) is 17.8 Å². The SMILES string of the molecule is O=C(CCc1cc(Cl)no1)N1CCCC[C@@H]1c1ccc(F)cc1. The normalized spacial score (nSPS) is 18.2. The molecule has 0 aliphatic carbocycles. The van der Waals surface area contributed by atoms with Gasteiger partial charge in [-0.15, -0.1) is 0 Å². The largest absolute Gasteiger partial charge is 0.360 e. The van der Waals surface area contributed by atoms with E-state index in [1.165, 1.54) is 12.1 Å². The Morgan fingerprint density at radius 2 is 2.13 bits per heavy atom. The van der Waals surface area contributed by atoms with Gasteiger partial charge in [0.25, 0.3) is 0 Å². The molecule has 1 fully saturated rings. The van der Waals surface area contributed by atoms with E-state index < -0.39 is 0 Å². The van der Waals surface area contributed by atoms with Crippen LogP contribution in [0.5, 0.6) is 0 Å². The Balaban J connectivity index is 1.67. The molecule has 2 heterocycles. The molecule has 1 aromatic heterocycles. The Labute approximate surface area is 139 Å². The number of aryl methyl sites for hydroxylation is 1. The summed E-state index contributed by atoms with van der Waals surface area (Å²) >= 11 is 5.71. The van der Waals surface area contributed by atoms with Crippen LogP contribution < -0.4 is 0 Å². The van der Waals surface area contributed by atoms with Crippen molar-refractivity contribution in [3.05, 3.63) is 52.6 Å². The Kier molecular flexibility index (Phi) is 4.96. The molecule has 1 aliphatic heterocycles. The van der Waals surface area contributed by atoms with Gasteiger partial charge >= 0.3 is 0 Å². The molecule has 0 spiro atoms. The first-order chi connectivity index (χ1) is 11.1. The summed E-state index contributed by atoms with van der Waals surface area (Å²) in [7, 11) is 0. The van der Waals surface area contributed by atoms with Crippen LogP contribution in [-0.2, 0) is 11.2 Å². The molecule has 1 aromatic carbocycles. The van der Waals surface area contributed by atoms with Gasteiger partial charge < -0.3 is 9.42 Å². The van der Waals surface area contributed by atoms with E-state index in [4.69, 9.17) is 16.1 Å². The molecule has 0 bridgehead atoms. The standard InChI is InChI=1S/C17H18ClFN2O2/c18-16-11-14(23-20-16)8-9-17(22)21-10-2-1-3-15(21)12-4-6-13(19)7-5-12/h4-7,11,15H,1-3,8-10H2/t15-/m1/s1. The lowest BCUT2D eigenvalue weighted by molar-refractivity contribution is -0.135. The van der Waals surface area contributed by atoms with Crippen molar-refractivity contribution in [3.8, 4) is 0 Å². The van der Waals surface area contributed by atoms with Crippen LogP contribution in [0.15, 0.2) is 34.9 Å². The highest BCUT2D eigenvalue weighted by atomic mass is 35.5. The lowest BCUT2D eigenvalue weighted by Gasteiger charge is -2.36. The molecule has 0 radical (unpaired) electrons. The third-order valence-electron chi connectivity index (χ3n) is 4.19. The molecule has 122 valence electrons. The van der Waals surface area contributed by atoms with Gasteiger partial charge in [-0.1, -0.05) is 28.9 Å². The number of amides is 1. The van der Waals surface area contributed by atoms with Crippen LogP contribution in [0.25, 0.3) is 0 Å². The van der Waals surface area contributed by atoms with Gasteiger partial charge in [-0.3, -0.25) is 4.79 Å². The number of piperidine rings is 1. The molecule has 23 heavy (non-hydrogen) atoms. The minimum atomic E-state index is -0.260. The third kappa shape index (κ3) is 3.91. The maximum Gasteiger partial charge on any atom is 0.223 e. The fourth-order valence-electron chi connectivity index (χ4n) is 3.04. The summed E-state index contributed by atoms with van der Waals surface area (Å²) in [6.07, 6.45) is 3.81. The second-order valence-corrected chi connectivity index (χ2v) is 6.15. The molecule has 1 atom stereocenters. The zero-order valence-corrected chi connectivity index (χ0v) is 13.4. The average molecular weight is 337 g/mol. The van der Waals surface area contributed by atoms with Gasteiger partial charge in [-0.05, 0) is 37.0 Å². The van der Waals surface area contributed by atoms with Crippen molar-refractivity contribution in [3.63, 3.8) is 0 Å². The molecule has 1 amide bonds. The molecule has 3 rings (SSSR count). The van der Waals surface area contributed by atoms with Crippen LogP contribution in [0.4, 0.5) is 4.39 Å². The molecule has 4 nitrogen and oxygen atoms in total. The number of hydrogen-bond donors (Lipinski definition) is 0. The fourth-order valence-corrected chi connectivity index (χ4v) is 3.20. The summed E-state index contributed by atoms with van der Waals surface area (Å²) in [5.41, 5.74) is 0.988. The van der Waals surface area contributed by atoms with Crippen molar-refractivity contribution in [1.29, 1.82) is 0 Å². The summed E-state index contributed by atoms with van der Waals surface area (Å²) in [6, 6.07) is 8.08. The molecular weight excluding hydrogens is 319 g/mol. The first kappa shape index (κ1) is 16.0. The van der Waals surface area contributed by atoms with Crippen molar-refractivity contribution in [2.45, 2.75) is 38.1 Å². The summed E-state index contributed by atoms with van der Waals surface area (Å²) in [5.74, 6) is 0.426. The van der Waals surface area contributed by atoms with Gasteiger partial charge in [0, 0.05) is 25.5 Å². The topological polar surface area (TPSA) is 46.3 Å². The average Bonchev–Trinajstić information content (AvgIpc) is 2.99. The Bertz CT molecular complexity index is 671. The van der Waals surface area contributed by atoms with Gasteiger partial charge in [0.15, 0.2) is 5.15 Å². The maximum atomic E-state index is 13.1. The lowest BCUT2D eigenvalue weighted by Crippen LogP contribution is -2.38. The summed E-state index contributed by atoms with van der Waals surface area (Å²) in [4.78, 5) is 14.5. The maximum absolute atomic E-state index is 13.1. The van der Waals surface area contributed by atoms with Gasteiger partial charge in [0.2, 0.25) is 5.91 Å². The van der Waals surface area contributed by atoms with E-state index in [2.05, 4.69) is 5.16 Å². The molecule has 0 unspecified atom stereocenters. The summed E-state index contributed by atoms with van der Waals surface area (Å²) < 4.78 is 18.1. The predicted molar refractivity (Wildman–Crippen MR) is 84.5 cm³/mol. The summed E-state index contributed by atoms with van der Waals surface area (Å²) in [6.45, 7) is 0.734. The Hall–Kier alpha value is -1.88. The Morgan fingerprint density at radius 3 is 2.83 bits per heavy atom. The van der Waals surface area contributed by atoms with Crippen molar-refractivity contribution in [1.82, 2.24) is 10.1 Å². The highest BCUT2D eigenvalue weighted by Gasteiger charge is 2.27. The second kappa shape index (κ2) is 7.13. The van der Waals surface area contributed by atoms with Gasteiger partial charge in [-0.25, -0.2) is 4.39 Å². The van der Waals surface area contributed by atoms with Crippen LogP contribution in [0, 0.1) is 5.82 Å². The van der Waals surface area contributed by atoms with Crippen molar-refractivity contribution in [2.75, 3.05) is 6.54 Å². The highest BCUT2D eigenvalue weighted by molar-refractivity contribution is 6.29. The van der Waals surface area contributed by atoms with E-state index in [9.17, 15) is 9.18 Å². The van der Waals surface area contributed by atoms with Crippen LogP contribution in [0.1, 0.15) is 43.0 Å². The number of halogens is 2. The number of carbonyl (C=O) groups is 1. The molecule has 0 N–H and O–H groups in total. The predicted octanol–water partition coefficient (Wildman–Crippen LogP) is 4.15. The van der Waals surface area contributed by atoms with Gasteiger partial charge in [0.1, 0.15) is 11.6 Å². The number of likely N-dealkylation sites (tertiary alicyclic amines) is 1. The van der Waals surface area contributed by atoms with Crippen LogP contribution in [-0.4, -0.2) is 22.5 Å². The van der Waals surface area contributed by atoms with Crippen LogP contribution in [0.2, 0.25) is 5.15 Å². The third-order valence-corrected chi connectivity index (χ3v) is 4.37. The second-order valence-electron chi connectivity index (χ2n) is 5.77. The van der Waals surface area contributed by atoms with E-state index in [0.29, 0.717) is 23.8 Å². The highest BCUT2D eigenvalue weighted by Crippen LogP contribution is 2.31. The molecule has 2 aromatic rings. The zero-order valence-electron chi connectivity index (χ0n) is 12.7. The van der Waals surface area contributed by atoms with Crippen molar-refractivity contribution in [2.24, 2.45) is 0 Å². The number of aromatic nitrogens is 1. The first-order valence-electron chi connectivity index (χ1n) is 7.79. The molecule has 1 saturated heterocycles. The minimum absolute atomic E-state index is 0.0233. The number of carbonyl (C=O) groups excluding carboxylic acids is 1. The number of rotatable bonds is 4. The monoisotopic (exact) mass is 336 g/mol. The first-order valence-corrected chi connectivity index (χ1v) is 8.17. The number of benzene rings is 1. The zero-order chi connectivity index (χ0) is 16.2. The van der Waals surface area contributed by atoms with E-state index in [0.717, 1.165) is 31.4 Å². The van der Waals surface area contributed by atoms with Crippen molar-refractivity contribution < 1.29 is 13.7 Å². The van der Waals surface area contributed by atoms with E-state index >= 15 is 0 Å². The van der Waals surface area contributed by atoms with E-state index in [1.54, 1.807) is 18.2 Å². The van der Waals surface area contributed by atoms with E-state index in [1.807, 2.05) is 4.90 Å². The fraction of sp³-hybridized carbons (Fsp3) is 0.412. The quantitative estimate of drug-likeness (QED) is 0.842. The van der Waals surface area contributed by atoms with Crippen LogP contribution in [0.3, 0.4) is 0 Å². The molecule has 1 aliphatic rings.